The van der Waals surface area contributed by atoms with Crippen molar-refractivity contribution in [3.05, 3.63) is 18.2 Å². The molecule has 0 radical (unpaired) electrons. The molecule has 1 fully saturated rings. The van der Waals surface area contributed by atoms with E-state index < -0.39 is 6.10 Å². The number of aliphatic hydroxyl groups excluding tert-OH is 1. The van der Waals surface area contributed by atoms with Crippen molar-refractivity contribution in [2.24, 2.45) is 7.05 Å². The maximum Gasteiger partial charge on any atom is 0.137 e. The number of likely N-dealkylation sites (N-methyl/N-ethyl adjacent to an activating group) is 1. The van der Waals surface area contributed by atoms with Crippen LogP contribution < -0.4 is 0 Å². The molecule has 0 amide bonds. The Kier molecular flexibility index (Phi) is 4.37. The van der Waals surface area contributed by atoms with Gasteiger partial charge in [-0.1, -0.05) is 0 Å². The topological polar surface area (TPSA) is 44.5 Å². The van der Waals surface area contributed by atoms with Gasteiger partial charge in [-0.05, 0) is 33.5 Å². The highest BCUT2D eigenvalue weighted by Crippen LogP contribution is 2.18. The summed E-state index contributed by atoms with van der Waals surface area (Å²) in [5.74, 6) is 0.762. The maximum absolute atomic E-state index is 10.1. The average molecular weight is 252 g/mol. The van der Waals surface area contributed by atoms with Crippen LogP contribution in [-0.2, 0) is 7.05 Å². The standard InChI is InChI=1S/C13H24N4O/c1-15(2)11-4-7-17(10-11)8-5-12(18)13-14-6-9-16(13)3/h6,9,11-12,18H,4-5,7-8,10H2,1-3H3/t11-,12?/m1/s1. The van der Waals surface area contributed by atoms with Crippen LogP contribution in [0.5, 0.6) is 0 Å². The van der Waals surface area contributed by atoms with E-state index >= 15 is 0 Å². The molecule has 5 nitrogen and oxygen atoms in total. The molecule has 1 aromatic heterocycles. The van der Waals surface area contributed by atoms with Gasteiger partial charge in [0.25, 0.3) is 0 Å². The predicted octanol–water partition coefficient (Wildman–Crippen LogP) is 0.479. The lowest BCUT2D eigenvalue weighted by Gasteiger charge is -2.21. The molecular weight excluding hydrogens is 228 g/mol. The lowest BCUT2D eigenvalue weighted by atomic mass is 10.2. The first-order valence-corrected chi connectivity index (χ1v) is 6.62. The Labute approximate surface area is 109 Å². The maximum atomic E-state index is 10.1. The molecule has 5 heteroatoms. The van der Waals surface area contributed by atoms with Crippen molar-refractivity contribution in [1.29, 1.82) is 0 Å². The van der Waals surface area contributed by atoms with Gasteiger partial charge in [-0.15, -0.1) is 0 Å². The first kappa shape index (κ1) is 13.5. The smallest absolute Gasteiger partial charge is 0.137 e. The number of likely N-dealkylation sites (tertiary alicyclic amines) is 1. The number of aryl methyl sites for hydroxylation is 1. The van der Waals surface area contributed by atoms with Gasteiger partial charge in [0.2, 0.25) is 0 Å². The highest BCUT2D eigenvalue weighted by atomic mass is 16.3. The molecule has 2 rings (SSSR count). The summed E-state index contributed by atoms with van der Waals surface area (Å²) in [6, 6.07) is 0.662. The summed E-state index contributed by atoms with van der Waals surface area (Å²) in [5.41, 5.74) is 0. The Morgan fingerprint density at radius 3 is 2.89 bits per heavy atom. The normalized spacial score (nSPS) is 22.8. The molecule has 1 aliphatic heterocycles. The lowest BCUT2D eigenvalue weighted by Crippen LogP contribution is -2.32. The molecular formula is C13H24N4O. The van der Waals surface area contributed by atoms with Crippen molar-refractivity contribution in [1.82, 2.24) is 19.4 Å². The molecule has 2 atom stereocenters. The zero-order valence-electron chi connectivity index (χ0n) is 11.6. The minimum absolute atomic E-state index is 0.455. The van der Waals surface area contributed by atoms with Gasteiger partial charge in [-0.3, -0.25) is 0 Å². The Hall–Kier alpha value is -0.910. The summed E-state index contributed by atoms with van der Waals surface area (Å²) in [5, 5.41) is 10.1. The SMILES string of the molecule is CN(C)[C@@H]1CCN(CCC(O)c2nccn2C)C1. The number of aliphatic hydroxyl groups is 1. The number of aromatic nitrogens is 2. The lowest BCUT2D eigenvalue weighted by molar-refractivity contribution is 0.135. The minimum atomic E-state index is -0.455. The molecule has 0 saturated carbocycles. The van der Waals surface area contributed by atoms with Gasteiger partial charge in [0.15, 0.2) is 0 Å². The van der Waals surface area contributed by atoms with Crippen molar-refractivity contribution in [2.45, 2.75) is 25.0 Å². The van der Waals surface area contributed by atoms with Crippen LogP contribution in [0, 0.1) is 0 Å². The second kappa shape index (κ2) is 5.82. The van der Waals surface area contributed by atoms with Crippen molar-refractivity contribution in [2.75, 3.05) is 33.7 Å². The molecule has 1 N–H and O–H groups in total. The molecule has 102 valence electrons. The minimum Gasteiger partial charge on any atom is -0.385 e. The zero-order chi connectivity index (χ0) is 13.1. The molecule has 0 bridgehead atoms. The van der Waals surface area contributed by atoms with E-state index in [-0.39, 0.29) is 0 Å². The molecule has 1 aromatic rings. The van der Waals surface area contributed by atoms with E-state index in [0.717, 1.165) is 31.9 Å². The molecule has 1 unspecified atom stereocenters. The molecule has 1 aliphatic rings. The van der Waals surface area contributed by atoms with Gasteiger partial charge in [-0.2, -0.15) is 0 Å². The number of hydrogen-bond donors (Lipinski definition) is 1. The van der Waals surface area contributed by atoms with Crippen LogP contribution in [0.15, 0.2) is 12.4 Å². The summed E-state index contributed by atoms with van der Waals surface area (Å²) < 4.78 is 1.89. The fourth-order valence-electron chi connectivity index (χ4n) is 2.57. The molecule has 2 heterocycles. The highest BCUT2D eigenvalue weighted by Gasteiger charge is 2.24. The monoisotopic (exact) mass is 252 g/mol. The summed E-state index contributed by atoms with van der Waals surface area (Å²) in [6.07, 6.45) is 5.13. The highest BCUT2D eigenvalue weighted by molar-refractivity contribution is 4.95. The van der Waals surface area contributed by atoms with E-state index in [4.69, 9.17) is 0 Å². The zero-order valence-corrected chi connectivity index (χ0v) is 11.6. The third kappa shape index (κ3) is 3.10. The summed E-state index contributed by atoms with van der Waals surface area (Å²) in [6.45, 7) is 3.19. The number of nitrogens with zero attached hydrogens (tertiary/aromatic N) is 4. The predicted molar refractivity (Wildman–Crippen MR) is 71.3 cm³/mol. The second-order valence-corrected chi connectivity index (χ2v) is 5.41. The van der Waals surface area contributed by atoms with Crippen molar-refractivity contribution >= 4 is 0 Å². The Morgan fingerprint density at radius 2 is 2.33 bits per heavy atom. The fourth-order valence-corrected chi connectivity index (χ4v) is 2.57. The third-order valence-electron chi connectivity index (χ3n) is 3.85. The van der Waals surface area contributed by atoms with E-state index in [2.05, 4.69) is 28.9 Å². The van der Waals surface area contributed by atoms with E-state index in [1.54, 1.807) is 6.20 Å². The van der Waals surface area contributed by atoms with Gasteiger partial charge in [0.05, 0.1) is 0 Å². The van der Waals surface area contributed by atoms with Crippen LogP contribution >= 0.6 is 0 Å². The van der Waals surface area contributed by atoms with Gasteiger partial charge < -0.3 is 19.5 Å². The first-order valence-electron chi connectivity index (χ1n) is 6.62. The van der Waals surface area contributed by atoms with E-state index in [9.17, 15) is 5.11 Å². The van der Waals surface area contributed by atoms with Crippen molar-refractivity contribution in [3.8, 4) is 0 Å². The second-order valence-electron chi connectivity index (χ2n) is 5.41. The molecule has 1 saturated heterocycles. The summed E-state index contributed by atoms with van der Waals surface area (Å²) >= 11 is 0. The van der Waals surface area contributed by atoms with E-state index in [0.29, 0.717) is 6.04 Å². The fraction of sp³-hybridized carbons (Fsp3) is 0.769. The molecule has 0 spiro atoms. The largest absolute Gasteiger partial charge is 0.385 e. The van der Waals surface area contributed by atoms with Crippen LogP contribution in [0.1, 0.15) is 24.8 Å². The Bertz CT molecular complexity index is 377. The summed E-state index contributed by atoms with van der Waals surface area (Å²) in [4.78, 5) is 8.90. The Balaban J connectivity index is 1.77. The van der Waals surface area contributed by atoms with Gasteiger partial charge >= 0.3 is 0 Å². The quantitative estimate of drug-likeness (QED) is 0.828. The Morgan fingerprint density at radius 1 is 1.56 bits per heavy atom. The van der Waals surface area contributed by atoms with Crippen LogP contribution in [0.3, 0.4) is 0 Å². The average Bonchev–Trinajstić information content (AvgIpc) is 2.94. The van der Waals surface area contributed by atoms with Gasteiger partial charge in [0, 0.05) is 38.6 Å². The van der Waals surface area contributed by atoms with Gasteiger partial charge in [0.1, 0.15) is 11.9 Å². The van der Waals surface area contributed by atoms with Crippen LogP contribution in [0.2, 0.25) is 0 Å². The number of imidazole rings is 1. The third-order valence-corrected chi connectivity index (χ3v) is 3.85. The molecule has 18 heavy (non-hydrogen) atoms. The molecule has 0 aliphatic carbocycles. The number of rotatable bonds is 5. The van der Waals surface area contributed by atoms with Crippen LogP contribution in [0.25, 0.3) is 0 Å². The van der Waals surface area contributed by atoms with Crippen molar-refractivity contribution < 1.29 is 5.11 Å². The van der Waals surface area contributed by atoms with Crippen molar-refractivity contribution in [3.63, 3.8) is 0 Å². The number of hydrogen-bond acceptors (Lipinski definition) is 4. The van der Waals surface area contributed by atoms with Crippen LogP contribution in [0.4, 0.5) is 0 Å². The first-order chi connectivity index (χ1) is 8.58. The molecule has 0 aromatic carbocycles. The van der Waals surface area contributed by atoms with Gasteiger partial charge in [-0.25, -0.2) is 4.98 Å². The van der Waals surface area contributed by atoms with E-state index in [1.807, 2.05) is 17.8 Å². The van der Waals surface area contributed by atoms with Crippen LogP contribution in [-0.4, -0.2) is 64.2 Å². The van der Waals surface area contributed by atoms with E-state index in [1.165, 1.54) is 6.42 Å². The summed E-state index contributed by atoms with van der Waals surface area (Å²) in [7, 11) is 6.19.